The molecule has 0 saturated carbocycles. The third-order valence-electron chi connectivity index (χ3n) is 3.38. The lowest BCUT2D eigenvalue weighted by Crippen LogP contribution is -2.20. The summed E-state index contributed by atoms with van der Waals surface area (Å²) in [7, 11) is 2.08. The fraction of sp³-hybridized carbons (Fsp3) is 0.353. The van der Waals surface area contributed by atoms with Gasteiger partial charge in [-0.15, -0.1) is 0 Å². The van der Waals surface area contributed by atoms with Crippen LogP contribution in [0.1, 0.15) is 18.9 Å². The van der Waals surface area contributed by atoms with Crippen molar-refractivity contribution in [3.05, 3.63) is 48.3 Å². The summed E-state index contributed by atoms with van der Waals surface area (Å²) in [5.41, 5.74) is 9.04. The van der Waals surface area contributed by atoms with Crippen LogP contribution in [0.25, 0.3) is 0 Å². The molecule has 0 radical (unpaired) electrons. The van der Waals surface area contributed by atoms with E-state index < -0.39 is 0 Å². The Hall–Kier alpha value is -2.23. The zero-order valence-electron chi connectivity index (χ0n) is 12.7. The second-order valence-electron chi connectivity index (χ2n) is 5.10. The summed E-state index contributed by atoms with van der Waals surface area (Å²) in [5, 5.41) is 0. The number of likely N-dealkylation sites (N-methyl/N-ethyl adjacent to an activating group) is 1. The smallest absolute Gasteiger partial charge is 0.144 e. The molecule has 0 aliphatic carbocycles. The van der Waals surface area contributed by atoms with Crippen LogP contribution in [-0.2, 0) is 6.42 Å². The summed E-state index contributed by atoms with van der Waals surface area (Å²) < 4.78 is 5.68. The molecule has 0 spiro atoms. The molecule has 0 atom stereocenters. The van der Waals surface area contributed by atoms with Gasteiger partial charge in [-0.25, -0.2) is 0 Å². The van der Waals surface area contributed by atoms with Gasteiger partial charge < -0.3 is 15.4 Å². The van der Waals surface area contributed by atoms with Crippen LogP contribution in [0.15, 0.2) is 42.7 Å². The van der Waals surface area contributed by atoms with Crippen LogP contribution in [-0.4, -0.2) is 25.2 Å². The minimum atomic E-state index is 0.689. The third kappa shape index (κ3) is 4.38. The van der Waals surface area contributed by atoms with Crippen LogP contribution in [0.5, 0.6) is 5.75 Å². The molecule has 0 unspecified atom stereocenters. The fourth-order valence-corrected chi connectivity index (χ4v) is 2.07. The van der Waals surface area contributed by atoms with Crippen molar-refractivity contribution in [2.24, 2.45) is 0 Å². The van der Waals surface area contributed by atoms with Gasteiger partial charge in [0.2, 0.25) is 0 Å². The Morgan fingerprint density at radius 2 is 1.95 bits per heavy atom. The number of nitrogens with two attached hydrogens (primary N) is 1. The Kier molecular flexibility index (Phi) is 5.43. The van der Waals surface area contributed by atoms with Crippen molar-refractivity contribution in [2.45, 2.75) is 19.8 Å². The van der Waals surface area contributed by atoms with Crippen LogP contribution in [0.3, 0.4) is 0 Å². The van der Waals surface area contributed by atoms with Gasteiger partial charge in [0, 0.05) is 37.7 Å². The molecule has 2 rings (SSSR count). The molecular formula is C17H23N3O. The molecule has 112 valence electrons. The van der Waals surface area contributed by atoms with Gasteiger partial charge >= 0.3 is 0 Å². The average molecular weight is 285 g/mol. The zero-order valence-corrected chi connectivity index (χ0v) is 12.7. The van der Waals surface area contributed by atoms with Crippen molar-refractivity contribution in [1.29, 1.82) is 0 Å². The summed E-state index contributed by atoms with van der Waals surface area (Å²) in [5.74, 6) is 0.769. The van der Waals surface area contributed by atoms with Crippen LogP contribution >= 0.6 is 0 Å². The molecule has 0 aliphatic heterocycles. The summed E-state index contributed by atoms with van der Waals surface area (Å²) in [4.78, 5) is 6.24. The van der Waals surface area contributed by atoms with E-state index in [4.69, 9.17) is 10.5 Å². The topological polar surface area (TPSA) is 51.4 Å². The zero-order chi connectivity index (χ0) is 15.1. The van der Waals surface area contributed by atoms with E-state index in [1.807, 2.05) is 42.7 Å². The highest BCUT2D eigenvalue weighted by Gasteiger charge is 2.06. The highest BCUT2D eigenvalue weighted by atomic mass is 16.5. The lowest BCUT2D eigenvalue weighted by Gasteiger charge is -2.21. The molecule has 0 bridgehead atoms. The Morgan fingerprint density at radius 3 is 2.67 bits per heavy atom. The summed E-state index contributed by atoms with van der Waals surface area (Å²) in [6, 6.07) is 10.0. The maximum absolute atomic E-state index is 5.94. The van der Waals surface area contributed by atoms with Crippen molar-refractivity contribution < 1.29 is 4.74 Å². The molecule has 2 N–H and O–H groups in total. The van der Waals surface area contributed by atoms with E-state index in [9.17, 15) is 0 Å². The van der Waals surface area contributed by atoms with Crippen molar-refractivity contribution in [3.63, 3.8) is 0 Å². The van der Waals surface area contributed by atoms with Gasteiger partial charge in [0.1, 0.15) is 5.75 Å². The third-order valence-corrected chi connectivity index (χ3v) is 3.38. The fourth-order valence-electron chi connectivity index (χ4n) is 2.07. The monoisotopic (exact) mass is 285 g/mol. The van der Waals surface area contributed by atoms with Gasteiger partial charge in [-0.2, -0.15) is 0 Å². The molecule has 1 aromatic heterocycles. The first kappa shape index (κ1) is 15.2. The maximum atomic E-state index is 5.94. The predicted molar refractivity (Wildman–Crippen MR) is 87.9 cm³/mol. The summed E-state index contributed by atoms with van der Waals surface area (Å²) >= 11 is 0. The number of anilines is 2. The van der Waals surface area contributed by atoms with E-state index in [-0.39, 0.29) is 0 Å². The number of hydrogen-bond acceptors (Lipinski definition) is 4. The van der Waals surface area contributed by atoms with Crippen LogP contribution < -0.4 is 15.4 Å². The molecule has 4 heteroatoms. The van der Waals surface area contributed by atoms with E-state index in [1.165, 1.54) is 5.56 Å². The Labute approximate surface area is 126 Å². The Bertz CT molecular complexity index is 557. The van der Waals surface area contributed by atoms with E-state index in [0.717, 1.165) is 30.8 Å². The average Bonchev–Trinajstić information content (AvgIpc) is 2.53. The largest absolute Gasteiger partial charge is 0.491 e. The predicted octanol–water partition coefficient (Wildman–Crippen LogP) is 3.13. The number of nitrogens with zero attached hydrogens (tertiary/aromatic N) is 2. The summed E-state index contributed by atoms with van der Waals surface area (Å²) in [6.45, 7) is 3.70. The Morgan fingerprint density at radius 1 is 1.19 bits per heavy atom. The van der Waals surface area contributed by atoms with Gasteiger partial charge in [-0.3, -0.25) is 4.98 Å². The van der Waals surface area contributed by atoms with Gasteiger partial charge in [0.25, 0.3) is 0 Å². The van der Waals surface area contributed by atoms with Crippen molar-refractivity contribution >= 4 is 11.4 Å². The lowest BCUT2D eigenvalue weighted by atomic mass is 10.2. The first-order valence-corrected chi connectivity index (χ1v) is 7.33. The number of aromatic nitrogens is 1. The van der Waals surface area contributed by atoms with Crippen LogP contribution in [0.2, 0.25) is 0 Å². The van der Waals surface area contributed by atoms with Crippen LogP contribution in [0, 0.1) is 0 Å². The molecule has 21 heavy (non-hydrogen) atoms. The molecule has 4 nitrogen and oxygen atoms in total. The molecule has 1 aromatic carbocycles. The normalized spacial score (nSPS) is 10.4. The van der Waals surface area contributed by atoms with E-state index in [0.29, 0.717) is 12.3 Å². The van der Waals surface area contributed by atoms with Crippen molar-refractivity contribution in [3.8, 4) is 5.75 Å². The number of nitrogen functional groups attached to an aromatic ring is 1. The first-order chi connectivity index (χ1) is 10.2. The standard InChI is InChI=1S/C17H23N3O/c1-3-12-21-17-13-15(4-5-16(17)18)20(2)11-8-14-6-9-19-10-7-14/h4-7,9-10,13H,3,8,11-12,18H2,1-2H3. The minimum Gasteiger partial charge on any atom is -0.491 e. The van der Waals surface area contributed by atoms with E-state index in [1.54, 1.807) is 0 Å². The Balaban J connectivity index is 2.00. The highest BCUT2D eigenvalue weighted by molar-refractivity contribution is 5.62. The molecule has 0 saturated heterocycles. The molecule has 1 heterocycles. The van der Waals surface area contributed by atoms with Crippen LogP contribution in [0.4, 0.5) is 11.4 Å². The molecular weight excluding hydrogens is 262 g/mol. The number of rotatable bonds is 7. The summed E-state index contributed by atoms with van der Waals surface area (Å²) in [6.07, 6.45) is 5.61. The van der Waals surface area contributed by atoms with Gasteiger partial charge in [-0.05, 0) is 42.7 Å². The van der Waals surface area contributed by atoms with Gasteiger partial charge in [0.15, 0.2) is 0 Å². The first-order valence-electron chi connectivity index (χ1n) is 7.33. The molecule has 2 aromatic rings. The molecule has 0 amide bonds. The SMILES string of the molecule is CCCOc1cc(N(C)CCc2ccncc2)ccc1N. The number of pyridine rings is 1. The number of ether oxygens (including phenoxy) is 1. The second-order valence-corrected chi connectivity index (χ2v) is 5.10. The minimum absolute atomic E-state index is 0.689. The van der Waals surface area contributed by atoms with Gasteiger partial charge in [0.05, 0.1) is 12.3 Å². The number of benzene rings is 1. The van der Waals surface area contributed by atoms with Gasteiger partial charge in [-0.1, -0.05) is 6.92 Å². The molecule has 0 aliphatic rings. The van der Waals surface area contributed by atoms with E-state index in [2.05, 4.69) is 23.9 Å². The second kappa shape index (κ2) is 7.53. The lowest BCUT2D eigenvalue weighted by molar-refractivity contribution is 0.319. The molecule has 0 fully saturated rings. The number of hydrogen-bond donors (Lipinski definition) is 1. The maximum Gasteiger partial charge on any atom is 0.144 e. The van der Waals surface area contributed by atoms with Crippen molar-refractivity contribution in [1.82, 2.24) is 4.98 Å². The highest BCUT2D eigenvalue weighted by Crippen LogP contribution is 2.27. The van der Waals surface area contributed by atoms with E-state index >= 15 is 0 Å². The quantitative estimate of drug-likeness (QED) is 0.794. The van der Waals surface area contributed by atoms with Crippen molar-refractivity contribution in [2.75, 3.05) is 30.8 Å².